The summed E-state index contributed by atoms with van der Waals surface area (Å²) in [6.45, 7) is -0.688. The van der Waals surface area contributed by atoms with E-state index in [-0.39, 0.29) is 18.7 Å². The van der Waals surface area contributed by atoms with Gasteiger partial charge in [0.15, 0.2) is 0 Å². The molecule has 0 unspecified atom stereocenters. The van der Waals surface area contributed by atoms with E-state index in [0.717, 1.165) is 6.07 Å². The number of hydrogen-bond acceptors (Lipinski definition) is 2. The molecule has 1 aromatic rings. The molecule has 2 heterocycles. The molecule has 1 aliphatic rings. The van der Waals surface area contributed by atoms with Crippen molar-refractivity contribution in [1.82, 2.24) is 9.88 Å². The summed E-state index contributed by atoms with van der Waals surface area (Å²) in [5, 5.41) is 0. The first-order valence-electron chi connectivity index (χ1n) is 5.59. The molecule has 0 spiro atoms. The van der Waals surface area contributed by atoms with Crippen LogP contribution in [0.2, 0.25) is 0 Å². The molecule has 0 saturated heterocycles. The smallest absolute Gasteiger partial charge is 0.329 e. The van der Waals surface area contributed by atoms with Gasteiger partial charge in [-0.2, -0.15) is 13.2 Å². The number of nitrogens with one attached hydrogen (secondary N) is 1. The zero-order chi connectivity index (χ0) is 15.1. The lowest BCUT2D eigenvalue weighted by molar-refractivity contribution is -0.186. The highest BCUT2D eigenvalue weighted by molar-refractivity contribution is 5.82. The molecule has 0 bridgehead atoms. The lowest BCUT2D eigenvalue weighted by Gasteiger charge is -2.29. The van der Waals surface area contributed by atoms with Crippen LogP contribution in [0.25, 0.3) is 0 Å². The number of carbonyl (C=O) groups excluding carboxylic acids is 1. The Bertz CT molecular complexity index is 593. The molecule has 1 N–H and O–H groups in total. The third-order valence-corrected chi connectivity index (χ3v) is 3.01. The molecule has 1 aromatic heterocycles. The fraction of sp³-hybridized carbons (Fsp3) is 0.455. The molecule has 0 atom stereocenters. The third-order valence-electron chi connectivity index (χ3n) is 3.01. The minimum absolute atomic E-state index is 0.0202. The lowest BCUT2D eigenvalue weighted by atomic mass is 10.0. The molecule has 1 amide bonds. The number of nitrogens with zero attached hydrogens (tertiary/aromatic N) is 1. The van der Waals surface area contributed by atoms with E-state index in [2.05, 4.69) is 4.98 Å². The summed E-state index contributed by atoms with van der Waals surface area (Å²) >= 11 is 0. The molecule has 20 heavy (non-hydrogen) atoms. The number of aromatic nitrogens is 1. The molecular weight excluding hydrogens is 287 g/mol. The van der Waals surface area contributed by atoms with Crippen LogP contribution in [0.5, 0.6) is 0 Å². The van der Waals surface area contributed by atoms with Crippen molar-refractivity contribution in [3.63, 3.8) is 0 Å². The van der Waals surface area contributed by atoms with Gasteiger partial charge in [-0.05, 0) is 18.1 Å². The van der Waals surface area contributed by atoms with Crippen LogP contribution < -0.4 is 5.56 Å². The van der Waals surface area contributed by atoms with Gasteiger partial charge in [0.05, 0.1) is 12.1 Å². The van der Waals surface area contributed by atoms with E-state index < -0.39 is 36.2 Å². The van der Waals surface area contributed by atoms with Crippen LogP contribution in [0.4, 0.5) is 22.0 Å². The number of H-pyrrole nitrogens is 1. The number of halogens is 5. The highest BCUT2D eigenvalue weighted by Crippen LogP contribution is 2.25. The first-order valence-corrected chi connectivity index (χ1v) is 5.59. The van der Waals surface area contributed by atoms with Gasteiger partial charge in [0.25, 0.3) is 12.0 Å². The number of amides is 1. The summed E-state index contributed by atoms with van der Waals surface area (Å²) in [5.41, 5.74) is -1.39. The maximum Gasteiger partial charge on any atom is 0.471 e. The van der Waals surface area contributed by atoms with Crippen molar-refractivity contribution in [2.24, 2.45) is 0 Å². The minimum Gasteiger partial charge on any atom is -0.329 e. The maximum atomic E-state index is 12.5. The van der Waals surface area contributed by atoms with Crippen molar-refractivity contribution in [2.45, 2.75) is 25.6 Å². The quantitative estimate of drug-likeness (QED) is 0.803. The van der Waals surface area contributed by atoms with Gasteiger partial charge in [0, 0.05) is 12.2 Å². The third kappa shape index (κ3) is 2.66. The van der Waals surface area contributed by atoms with Crippen LogP contribution in [0.15, 0.2) is 10.9 Å². The fourth-order valence-electron chi connectivity index (χ4n) is 2.03. The standard InChI is InChI=1S/C11H9F5N2O2/c12-8(13)6-3-5-1-2-18(10(20)11(14,15)16)4-7(5)17-9(6)19/h3,8H,1-2,4H2,(H,17,19). The van der Waals surface area contributed by atoms with E-state index in [0.29, 0.717) is 10.5 Å². The van der Waals surface area contributed by atoms with Crippen molar-refractivity contribution in [3.05, 3.63) is 33.2 Å². The largest absolute Gasteiger partial charge is 0.471 e. The molecule has 9 heteroatoms. The van der Waals surface area contributed by atoms with E-state index in [1.165, 1.54) is 0 Å². The van der Waals surface area contributed by atoms with Crippen LogP contribution in [-0.2, 0) is 17.8 Å². The molecule has 0 radical (unpaired) electrons. The average molecular weight is 296 g/mol. The fourth-order valence-corrected chi connectivity index (χ4v) is 2.03. The van der Waals surface area contributed by atoms with Crippen LogP contribution in [0.1, 0.15) is 23.2 Å². The summed E-state index contributed by atoms with van der Waals surface area (Å²) in [5.74, 6) is -2.01. The summed E-state index contributed by atoms with van der Waals surface area (Å²) in [6.07, 6.45) is -7.98. The maximum absolute atomic E-state index is 12.5. The molecule has 110 valence electrons. The second-order valence-electron chi connectivity index (χ2n) is 4.33. The average Bonchev–Trinajstić information content (AvgIpc) is 2.34. The number of rotatable bonds is 1. The number of alkyl halides is 5. The first-order chi connectivity index (χ1) is 9.20. The van der Waals surface area contributed by atoms with Crippen molar-refractivity contribution >= 4 is 5.91 Å². The zero-order valence-corrected chi connectivity index (χ0v) is 9.93. The highest BCUT2D eigenvalue weighted by atomic mass is 19.4. The van der Waals surface area contributed by atoms with Crippen LogP contribution in [-0.4, -0.2) is 28.5 Å². The van der Waals surface area contributed by atoms with Gasteiger partial charge in [-0.15, -0.1) is 0 Å². The molecule has 0 aliphatic carbocycles. The summed E-state index contributed by atoms with van der Waals surface area (Å²) in [4.78, 5) is 25.1. The first kappa shape index (κ1) is 14.5. The Balaban J connectivity index is 2.30. The predicted octanol–water partition coefficient (Wildman–Crippen LogP) is 1.76. The molecular formula is C11H9F5N2O2. The van der Waals surface area contributed by atoms with Gasteiger partial charge < -0.3 is 9.88 Å². The van der Waals surface area contributed by atoms with Crippen molar-refractivity contribution in [1.29, 1.82) is 0 Å². The monoisotopic (exact) mass is 296 g/mol. The Morgan fingerprint density at radius 3 is 2.55 bits per heavy atom. The Hall–Kier alpha value is -1.93. The van der Waals surface area contributed by atoms with Gasteiger partial charge in [-0.3, -0.25) is 9.59 Å². The second-order valence-corrected chi connectivity index (χ2v) is 4.33. The Morgan fingerprint density at radius 1 is 1.35 bits per heavy atom. The number of carbonyl (C=O) groups is 1. The summed E-state index contributed by atoms with van der Waals surface area (Å²) < 4.78 is 61.9. The van der Waals surface area contributed by atoms with Crippen LogP contribution >= 0.6 is 0 Å². The van der Waals surface area contributed by atoms with Gasteiger partial charge in [-0.1, -0.05) is 0 Å². The van der Waals surface area contributed by atoms with Gasteiger partial charge in [0.2, 0.25) is 0 Å². The Kier molecular flexibility index (Phi) is 3.53. The molecule has 0 fully saturated rings. The number of fused-ring (bicyclic) bond motifs is 1. The van der Waals surface area contributed by atoms with Crippen LogP contribution in [0.3, 0.4) is 0 Å². The SMILES string of the molecule is O=C(N1CCc2cc(C(F)F)c(=O)[nH]c2C1)C(F)(F)F. The van der Waals surface area contributed by atoms with E-state index in [1.54, 1.807) is 0 Å². The molecule has 0 saturated carbocycles. The Morgan fingerprint density at radius 2 is 2.00 bits per heavy atom. The molecule has 1 aliphatic heterocycles. The Labute approximate surface area is 109 Å². The lowest BCUT2D eigenvalue weighted by Crippen LogP contribution is -2.44. The predicted molar refractivity (Wildman–Crippen MR) is 57.2 cm³/mol. The van der Waals surface area contributed by atoms with E-state index >= 15 is 0 Å². The van der Waals surface area contributed by atoms with E-state index in [9.17, 15) is 31.5 Å². The number of pyridine rings is 1. The topological polar surface area (TPSA) is 53.2 Å². The minimum atomic E-state index is -5.00. The number of aromatic amines is 1. The van der Waals surface area contributed by atoms with Crippen LogP contribution in [0, 0.1) is 0 Å². The van der Waals surface area contributed by atoms with Crippen molar-refractivity contribution in [3.8, 4) is 0 Å². The van der Waals surface area contributed by atoms with E-state index in [1.807, 2.05) is 0 Å². The van der Waals surface area contributed by atoms with Gasteiger partial charge >= 0.3 is 12.1 Å². The molecule has 0 aromatic carbocycles. The van der Waals surface area contributed by atoms with Crippen molar-refractivity contribution in [2.75, 3.05) is 6.54 Å². The molecule has 2 rings (SSSR count). The zero-order valence-electron chi connectivity index (χ0n) is 9.93. The van der Waals surface area contributed by atoms with Gasteiger partial charge in [0.1, 0.15) is 0 Å². The summed E-state index contributed by atoms with van der Waals surface area (Å²) in [6, 6.07) is 0.980. The van der Waals surface area contributed by atoms with Gasteiger partial charge in [-0.25, -0.2) is 8.78 Å². The summed E-state index contributed by atoms with van der Waals surface area (Å²) in [7, 11) is 0. The van der Waals surface area contributed by atoms with E-state index in [4.69, 9.17) is 0 Å². The number of hydrogen-bond donors (Lipinski definition) is 1. The van der Waals surface area contributed by atoms with Crippen molar-refractivity contribution < 1.29 is 26.7 Å². The highest BCUT2D eigenvalue weighted by Gasteiger charge is 2.43. The molecule has 4 nitrogen and oxygen atoms in total. The normalized spacial score (nSPS) is 15.4. The second kappa shape index (κ2) is 4.88.